The lowest BCUT2D eigenvalue weighted by Crippen LogP contribution is -2.36. The van der Waals surface area contributed by atoms with Gasteiger partial charge in [0.2, 0.25) is 0 Å². The fourth-order valence-corrected chi connectivity index (χ4v) is 3.18. The highest BCUT2D eigenvalue weighted by molar-refractivity contribution is 4.78. The minimum Gasteiger partial charge on any atom is -0.328 e. The molecule has 2 heteroatoms. The van der Waals surface area contributed by atoms with Crippen LogP contribution in [0.1, 0.15) is 51.4 Å². The van der Waals surface area contributed by atoms with Gasteiger partial charge < -0.3 is 10.6 Å². The Morgan fingerprint density at radius 1 is 0.933 bits per heavy atom. The third kappa shape index (κ3) is 3.76. The molecule has 0 aromatic carbocycles. The van der Waals surface area contributed by atoms with Crippen molar-refractivity contribution in [1.29, 1.82) is 0 Å². The molecule has 15 heavy (non-hydrogen) atoms. The fraction of sp³-hybridized carbons (Fsp3) is 1.00. The van der Waals surface area contributed by atoms with Crippen molar-refractivity contribution in [2.45, 2.75) is 57.4 Å². The Hall–Kier alpha value is -0.0800. The zero-order valence-corrected chi connectivity index (χ0v) is 9.96. The molecule has 0 spiro atoms. The van der Waals surface area contributed by atoms with Crippen molar-refractivity contribution in [1.82, 2.24) is 4.90 Å². The van der Waals surface area contributed by atoms with E-state index in [0.717, 1.165) is 5.92 Å². The van der Waals surface area contributed by atoms with Gasteiger partial charge in [-0.15, -0.1) is 0 Å². The maximum absolute atomic E-state index is 6.04. The van der Waals surface area contributed by atoms with Crippen molar-refractivity contribution in [3.8, 4) is 0 Å². The molecule has 1 aliphatic heterocycles. The smallest absolute Gasteiger partial charge is 0.00419 e. The van der Waals surface area contributed by atoms with Crippen LogP contribution in [-0.2, 0) is 0 Å². The number of hydrogen-bond donors (Lipinski definition) is 1. The van der Waals surface area contributed by atoms with Gasteiger partial charge in [0.15, 0.2) is 0 Å². The van der Waals surface area contributed by atoms with Crippen molar-refractivity contribution >= 4 is 0 Å². The monoisotopic (exact) mass is 210 g/mol. The second-order valence-corrected chi connectivity index (χ2v) is 5.51. The Morgan fingerprint density at radius 3 is 2.33 bits per heavy atom. The van der Waals surface area contributed by atoms with Crippen LogP contribution in [0.25, 0.3) is 0 Å². The van der Waals surface area contributed by atoms with Crippen LogP contribution in [0.3, 0.4) is 0 Å². The van der Waals surface area contributed by atoms with E-state index in [4.69, 9.17) is 5.73 Å². The summed E-state index contributed by atoms with van der Waals surface area (Å²) >= 11 is 0. The topological polar surface area (TPSA) is 29.3 Å². The number of likely N-dealkylation sites (tertiary alicyclic amines) is 1. The molecule has 2 unspecified atom stereocenters. The number of nitrogens with two attached hydrogens (primary N) is 1. The molecule has 2 atom stereocenters. The molecule has 0 bridgehead atoms. The van der Waals surface area contributed by atoms with Crippen LogP contribution in [0.15, 0.2) is 0 Å². The zero-order chi connectivity index (χ0) is 10.5. The summed E-state index contributed by atoms with van der Waals surface area (Å²) in [7, 11) is 0. The Bertz CT molecular complexity index is 173. The largest absolute Gasteiger partial charge is 0.328 e. The number of hydrogen-bond acceptors (Lipinski definition) is 2. The van der Waals surface area contributed by atoms with Gasteiger partial charge in [-0.25, -0.2) is 0 Å². The van der Waals surface area contributed by atoms with Crippen LogP contribution in [0.5, 0.6) is 0 Å². The quantitative estimate of drug-likeness (QED) is 0.758. The van der Waals surface area contributed by atoms with Crippen molar-refractivity contribution in [2.24, 2.45) is 11.7 Å². The van der Waals surface area contributed by atoms with Crippen LogP contribution < -0.4 is 5.73 Å². The maximum Gasteiger partial charge on any atom is 0.00419 e. The molecule has 1 heterocycles. The molecule has 0 radical (unpaired) electrons. The van der Waals surface area contributed by atoms with Crippen LogP contribution >= 0.6 is 0 Å². The molecule has 2 rings (SSSR count). The number of nitrogens with zero attached hydrogens (tertiary/aromatic N) is 1. The SMILES string of the molecule is NC1CCCC(CN2CCCCCC2)C1. The summed E-state index contributed by atoms with van der Waals surface area (Å²) < 4.78 is 0. The van der Waals surface area contributed by atoms with Crippen LogP contribution in [-0.4, -0.2) is 30.6 Å². The third-order valence-corrected chi connectivity index (χ3v) is 4.04. The van der Waals surface area contributed by atoms with E-state index in [0.29, 0.717) is 6.04 Å². The normalized spacial score (nSPS) is 35.0. The van der Waals surface area contributed by atoms with E-state index in [1.165, 1.54) is 71.0 Å². The molecule has 0 aromatic heterocycles. The van der Waals surface area contributed by atoms with Crippen molar-refractivity contribution < 1.29 is 0 Å². The first kappa shape index (κ1) is 11.4. The van der Waals surface area contributed by atoms with E-state index in [1.807, 2.05) is 0 Å². The summed E-state index contributed by atoms with van der Waals surface area (Å²) in [6.07, 6.45) is 11.0. The molecular formula is C13H26N2. The van der Waals surface area contributed by atoms with Crippen molar-refractivity contribution in [2.75, 3.05) is 19.6 Å². The Labute approximate surface area is 94.2 Å². The summed E-state index contributed by atoms with van der Waals surface area (Å²) in [5.74, 6) is 0.895. The van der Waals surface area contributed by atoms with Gasteiger partial charge >= 0.3 is 0 Å². The summed E-state index contributed by atoms with van der Waals surface area (Å²) in [6.45, 7) is 4.01. The average Bonchev–Trinajstić information content (AvgIpc) is 2.46. The Morgan fingerprint density at radius 2 is 1.67 bits per heavy atom. The van der Waals surface area contributed by atoms with Crippen LogP contribution in [0, 0.1) is 5.92 Å². The predicted molar refractivity (Wildman–Crippen MR) is 64.8 cm³/mol. The molecule has 1 aliphatic carbocycles. The summed E-state index contributed by atoms with van der Waals surface area (Å²) in [5, 5.41) is 0. The van der Waals surface area contributed by atoms with E-state index >= 15 is 0 Å². The molecule has 0 aromatic rings. The van der Waals surface area contributed by atoms with E-state index in [-0.39, 0.29) is 0 Å². The highest BCUT2D eigenvalue weighted by atomic mass is 15.1. The standard InChI is InChI=1S/C13H26N2/c14-13-7-5-6-12(10-13)11-15-8-3-1-2-4-9-15/h12-13H,1-11,14H2. The predicted octanol–water partition coefficient (Wildman–Crippen LogP) is 2.38. The van der Waals surface area contributed by atoms with E-state index < -0.39 is 0 Å². The highest BCUT2D eigenvalue weighted by Gasteiger charge is 2.21. The van der Waals surface area contributed by atoms with Crippen molar-refractivity contribution in [3.05, 3.63) is 0 Å². The van der Waals surface area contributed by atoms with Gasteiger partial charge in [0.05, 0.1) is 0 Å². The lowest BCUT2D eigenvalue weighted by Gasteiger charge is -2.31. The zero-order valence-electron chi connectivity index (χ0n) is 9.96. The molecular weight excluding hydrogens is 184 g/mol. The van der Waals surface area contributed by atoms with E-state index in [1.54, 1.807) is 0 Å². The molecule has 2 N–H and O–H groups in total. The third-order valence-electron chi connectivity index (χ3n) is 4.04. The summed E-state index contributed by atoms with van der Waals surface area (Å²) in [5.41, 5.74) is 6.04. The first-order valence-electron chi connectivity index (χ1n) is 6.82. The Kier molecular flexibility index (Phi) is 4.45. The lowest BCUT2D eigenvalue weighted by atomic mass is 9.86. The van der Waals surface area contributed by atoms with Gasteiger partial charge in [0, 0.05) is 12.6 Å². The van der Waals surface area contributed by atoms with Gasteiger partial charge in [-0.2, -0.15) is 0 Å². The molecule has 2 nitrogen and oxygen atoms in total. The maximum atomic E-state index is 6.04. The average molecular weight is 210 g/mol. The molecule has 2 fully saturated rings. The summed E-state index contributed by atoms with van der Waals surface area (Å²) in [6, 6.07) is 0.496. The molecule has 88 valence electrons. The van der Waals surface area contributed by atoms with Gasteiger partial charge in [-0.1, -0.05) is 19.3 Å². The van der Waals surface area contributed by atoms with Gasteiger partial charge in [-0.05, 0) is 51.1 Å². The van der Waals surface area contributed by atoms with Crippen LogP contribution in [0.4, 0.5) is 0 Å². The van der Waals surface area contributed by atoms with E-state index in [2.05, 4.69) is 4.90 Å². The molecule has 1 saturated heterocycles. The van der Waals surface area contributed by atoms with Gasteiger partial charge in [0.1, 0.15) is 0 Å². The second-order valence-electron chi connectivity index (χ2n) is 5.51. The van der Waals surface area contributed by atoms with Gasteiger partial charge in [-0.3, -0.25) is 0 Å². The lowest BCUT2D eigenvalue weighted by molar-refractivity contribution is 0.197. The minimum absolute atomic E-state index is 0.496. The number of rotatable bonds is 2. The fourth-order valence-electron chi connectivity index (χ4n) is 3.18. The van der Waals surface area contributed by atoms with Gasteiger partial charge in [0.25, 0.3) is 0 Å². The van der Waals surface area contributed by atoms with Crippen LogP contribution in [0.2, 0.25) is 0 Å². The minimum atomic E-state index is 0.496. The second kappa shape index (κ2) is 5.86. The first-order chi connectivity index (χ1) is 7.34. The van der Waals surface area contributed by atoms with E-state index in [9.17, 15) is 0 Å². The Balaban J connectivity index is 1.74. The molecule has 0 amide bonds. The molecule has 1 saturated carbocycles. The highest BCUT2D eigenvalue weighted by Crippen LogP contribution is 2.24. The molecule has 2 aliphatic rings. The summed E-state index contributed by atoms with van der Waals surface area (Å²) in [4.78, 5) is 2.69. The van der Waals surface area contributed by atoms with Crippen molar-refractivity contribution in [3.63, 3.8) is 0 Å². The first-order valence-corrected chi connectivity index (χ1v) is 6.82.